The highest BCUT2D eigenvalue weighted by Crippen LogP contribution is 2.61. The van der Waals surface area contributed by atoms with Gasteiger partial charge in [-0.1, -0.05) is 0 Å². The van der Waals surface area contributed by atoms with Crippen molar-refractivity contribution in [3.05, 3.63) is 16.7 Å². The van der Waals surface area contributed by atoms with Gasteiger partial charge in [-0.05, 0) is 6.92 Å². The number of nitrogens with two attached hydrogens (primary N) is 1. The SMILES string of the molecule is C[C@H]1O[C@H](OP(=O)(O)OP(=O)(O)OC[C@H]2O[C@@H](n3cnc4c(=O)[nH]c(N)nc43)[C@H](O)[C@@H]2O)[C@@H](O)[C@@H](O)C1=O. The number of ether oxygens (including phenoxy) is 2. The van der Waals surface area contributed by atoms with E-state index in [0.717, 1.165) is 17.8 Å². The number of H-pyrrole nitrogens is 1. The van der Waals surface area contributed by atoms with Crippen molar-refractivity contribution in [2.24, 2.45) is 0 Å². The number of fused-ring (bicyclic) bond motifs is 1. The Morgan fingerprint density at radius 2 is 1.79 bits per heavy atom. The molecule has 0 saturated carbocycles. The lowest BCUT2D eigenvalue weighted by molar-refractivity contribution is -0.226. The highest BCUT2D eigenvalue weighted by atomic mass is 31.3. The van der Waals surface area contributed by atoms with Crippen LogP contribution in [-0.4, -0.2) is 105 Å². The van der Waals surface area contributed by atoms with Gasteiger partial charge in [0.2, 0.25) is 5.95 Å². The number of rotatable bonds is 8. The molecule has 0 bridgehead atoms. The van der Waals surface area contributed by atoms with Crippen LogP contribution < -0.4 is 11.3 Å². The van der Waals surface area contributed by atoms with Crippen molar-refractivity contribution in [2.75, 3.05) is 12.3 Å². The summed E-state index contributed by atoms with van der Waals surface area (Å²) in [7, 11) is -11.0. The van der Waals surface area contributed by atoms with Gasteiger partial charge in [0.25, 0.3) is 5.56 Å². The molecule has 2 unspecified atom stereocenters. The number of carbonyl (C=O) groups excluding carboxylic acids is 1. The molecule has 2 aliphatic heterocycles. The average Bonchev–Trinajstić information content (AvgIpc) is 3.35. The van der Waals surface area contributed by atoms with Crippen molar-refractivity contribution < 1.29 is 67.0 Å². The molecule has 4 heterocycles. The number of nitrogens with zero attached hydrogens (tertiary/aromatic N) is 3. The highest BCUT2D eigenvalue weighted by molar-refractivity contribution is 7.61. The van der Waals surface area contributed by atoms with Crippen LogP contribution in [0.2, 0.25) is 0 Å². The van der Waals surface area contributed by atoms with E-state index in [4.69, 9.17) is 15.2 Å². The van der Waals surface area contributed by atoms with Gasteiger partial charge in [0.1, 0.15) is 36.6 Å². The minimum Gasteiger partial charge on any atom is -0.387 e. The lowest BCUT2D eigenvalue weighted by atomic mass is 10.0. The van der Waals surface area contributed by atoms with Crippen LogP contribution in [0.25, 0.3) is 11.2 Å². The van der Waals surface area contributed by atoms with Crippen molar-refractivity contribution in [3.8, 4) is 0 Å². The summed E-state index contributed by atoms with van der Waals surface area (Å²) >= 11 is 0. The molecule has 0 radical (unpaired) electrons. The van der Waals surface area contributed by atoms with E-state index in [1.807, 2.05) is 0 Å². The van der Waals surface area contributed by atoms with E-state index in [1.54, 1.807) is 0 Å². The number of aliphatic hydroxyl groups excluding tert-OH is 4. The fourth-order valence-electron chi connectivity index (χ4n) is 3.69. The number of nitrogens with one attached hydrogen (secondary N) is 1. The Morgan fingerprint density at radius 1 is 1.11 bits per heavy atom. The molecule has 212 valence electrons. The fraction of sp³-hybridized carbons (Fsp3) is 0.625. The van der Waals surface area contributed by atoms with Crippen LogP contribution in [0, 0.1) is 0 Å². The number of aromatic amines is 1. The number of aromatic nitrogens is 4. The molecule has 10 atom stereocenters. The zero-order chi connectivity index (χ0) is 28.2. The van der Waals surface area contributed by atoms with Gasteiger partial charge in [0.15, 0.2) is 29.5 Å². The Hall–Kier alpha value is -2.16. The molecule has 38 heavy (non-hydrogen) atoms. The summed E-state index contributed by atoms with van der Waals surface area (Å²) in [5, 5.41) is 40.2. The number of hydrogen-bond donors (Lipinski definition) is 8. The van der Waals surface area contributed by atoms with Crippen molar-refractivity contribution in [1.29, 1.82) is 0 Å². The van der Waals surface area contributed by atoms with E-state index < -0.39 is 82.7 Å². The average molecular weight is 587 g/mol. The molecule has 9 N–H and O–H groups in total. The molecule has 2 aromatic rings. The number of phosphoric ester groups is 2. The Labute approximate surface area is 210 Å². The summed E-state index contributed by atoms with van der Waals surface area (Å²) in [6.45, 7) is 0.180. The third-order valence-corrected chi connectivity index (χ3v) is 8.14. The first-order valence-corrected chi connectivity index (χ1v) is 13.6. The maximum atomic E-state index is 12.3. The number of nitrogen functional groups attached to an aromatic ring is 1. The third kappa shape index (κ3) is 5.73. The molecule has 0 aliphatic carbocycles. The van der Waals surface area contributed by atoms with Gasteiger partial charge in [-0.2, -0.15) is 9.29 Å². The standard InChI is InChI=1S/C16H23N5O15P2/c1-4-7(22)9(24)11(26)15(33-4)35-38(30,31)36-37(28,29)32-2-5-8(23)10(25)14(34-5)21-3-18-6-12(21)19-16(17)20-13(6)27/h3-5,8-11,14-15,23-26H,2H2,1H3,(H,28,29)(H,30,31)(H3,17,19,20,27)/t4-,5-,8-,9+,10-,11+,14-,15-/m1/s1. The van der Waals surface area contributed by atoms with E-state index >= 15 is 0 Å². The summed E-state index contributed by atoms with van der Waals surface area (Å²) in [6, 6.07) is 0. The molecular weight excluding hydrogens is 564 g/mol. The second-order valence-corrected chi connectivity index (χ2v) is 11.2. The monoisotopic (exact) mass is 587 g/mol. The van der Waals surface area contributed by atoms with E-state index in [2.05, 4.69) is 28.3 Å². The number of anilines is 1. The molecule has 0 aromatic carbocycles. The number of phosphoric acid groups is 2. The van der Waals surface area contributed by atoms with Gasteiger partial charge in [0, 0.05) is 0 Å². The molecule has 20 nitrogen and oxygen atoms in total. The molecule has 2 aromatic heterocycles. The molecule has 4 rings (SSSR count). The minimum atomic E-state index is -5.53. The maximum absolute atomic E-state index is 12.3. The molecule has 2 saturated heterocycles. The van der Waals surface area contributed by atoms with Crippen LogP contribution in [0.3, 0.4) is 0 Å². The van der Waals surface area contributed by atoms with Crippen molar-refractivity contribution in [1.82, 2.24) is 19.5 Å². The first-order chi connectivity index (χ1) is 17.6. The summed E-state index contributed by atoms with van der Waals surface area (Å²) in [5.74, 6) is -1.21. The van der Waals surface area contributed by atoms with Gasteiger partial charge < -0.3 is 45.4 Å². The minimum absolute atomic E-state index is 0.105. The molecule has 0 spiro atoms. The first-order valence-electron chi connectivity index (χ1n) is 10.6. The summed E-state index contributed by atoms with van der Waals surface area (Å²) in [6.07, 6.45) is -12.9. The Kier molecular flexibility index (Phi) is 7.92. The van der Waals surface area contributed by atoms with E-state index in [1.165, 1.54) is 0 Å². The summed E-state index contributed by atoms with van der Waals surface area (Å²) < 4.78 is 49.0. The van der Waals surface area contributed by atoms with Gasteiger partial charge in [0.05, 0.1) is 12.9 Å². The summed E-state index contributed by atoms with van der Waals surface area (Å²) in [4.78, 5) is 53.2. The number of imidazole rings is 1. The van der Waals surface area contributed by atoms with Crippen molar-refractivity contribution in [2.45, 2.75) is 56.1 Å². The highest BCUT2D eigenvalue weighted by Gasteiger charge is 2.49. The number of aliphatic hydroxyl groups is 4. The largest absolute Gasteiger partial charge is 0.483 e. The molecule has 2 fully saturated rings. The third-order valence-electron chi connectivity index (χ3n) is 5.54. The smallest absolute Gasteiger partial charge is 0.387 e. The first kappa shape index (κ1) is 28.8. The Bertz CT molecular complexity index is 1370. The predicted octanol–water partition coefficient (Wildman–Crippen LogP) is -3.39. The van der Waals surface area contributed by atoms with Crippen LogP contribution in [0.4, 0.5) is 5.95 Å². The van der Waals surface area contributed by atoms with Crippen LogP contribution in [0.1, 0.15) is 13.2 Å². The Balaban J connectivity index is 1.40. The quantitative estimate of drug-likeness (QED) is 0.140. The summed E-state index contributed by atoms with van der Waals surface area (Å²) in [5.41, 5.74) is 4.57. The van der Waals surface area contributed by atoms with Gasteiger partial charge in [-0.25, -0.2) is 14.1 Å². The van der Waals surface area contributed by atoms with Crippen molar-refractivity contribution >= 4 is 38.5 Å². The van der Waals surface area contributed by atoms with E-state index in [9.17, 15) is 48.9 Å². The molecule has 0 amide bonds. The molecule has 2 aliphatic rings. The van der Waals surface area contributed by atoms with Crippen LogP contribution in [-0.2, 0) is 36.8 Å². The zero-order valence-corrected chi connectivity index (χ0v) is 20.9. The Morgan fingerprint density at radius 3 is 2.47 bits per heavy atom. The number of ketones is 1. The van der Waals surface area contributed by atoms with Gasteiger partial charge >= 0.3 is 15.6 Å². The van der Waals surface area contributed by atoms with Gasteiger partial charge in [-0.15, -0.1) is 0 Å². The van der Waals surface area contributed by atoms with Crippen LogP contribution in [0.5, 0.6) is 0 Å². The lowest BCUT2D eigenvalue weighted by Gasteiger charge is -2.34. The predicted molar refractivity (Wildman–Crippen MR) is 118 cm³/mol. The zero-order valence-electron chi connectivity index (χ0n) is 19.1. The van der Waals surface area contributed by atoms with Gasteiger partial charge in [-0.3, -0.25) is 28.2 Å². The number of hydrogen-bond acceptors (Lipinski definition) is 16. The normalized spacial score (nSPS) is 35.3. The molecular formula is C16H23N5O15P2. The van der Waals surface area contributed by atoms with E-state index in [0.29, 0.717) is 0 Å². The second kappa shape index (κ2) is 10.4. The van der Waals surface area contributed by atoms with Crippen LogP contribution >= 0.6 is 15.6 Å². The second-order valence-electron chi connectivity index (χ2n) is 8.23. The fourth-order valence-corrected chi connectivity index (χ4v) is 5.85. The lowest BCUT2D eigenvalue weighted by Crippen LogP contribution is -2.54. The topological polar surface area (TPSA) is 308 Å². The number of Topliss-reactive ketones (excluding diaryl/α,β-unsaturated/α-hetero) is 1. The van der Waals surface area contributed by atoms with Crippen molar-refractivity contribution in [3.63, 3.8) is 0 Å². The maximum Gasteiger partial charge on any atom is 0.483 e. The number of carbonyl (C=O) groups is 1. The molecule has 22 heteroatoms. The van der Waals surface area contributed by atoms with Crippen LogP contribution in [0.15, 0.2) is 11.1 Å². The van der Waals surface area contributed by atoms with E-state index in [-0.39, 0.29) is 17.1 Å².